The highest BCUT2D eigenvalue weighted by Gasteiger charge is 2.51. The maximum Gasteiger partial charge on any atom is 0.351 e. The van der Waals surface area contributed by atoms with Crippen LogP contribution >= 0.6 is 11.8 Å². The number of para-hydroxylation sites is 1. The Hall–Kier alpha value is -7.68. The molecule has 2 aromatic heterocycles. The van der Waals surface area contributed by atoms with Gasteiger partial charge in [-0.05, 0) is 81.8 Å². The Labute approximate surface area is 515 Å². The molecule has 1 aliphatic heterocycles. The van der Waals surface area contributed by atoms with E-state index in [0.29, 0.717) is 38.0 Å². The number of nitrogens with zero attached hydrogens (tertiary/aromatic N) is 2. The monoisotopic (exact) mass is 1220 g/mol. The maximum atomic E-state index is 14.4. The zero-order valence-electron chi connectivity index (χ0n) is 50.9. The fourth-order valence-electron chi connectivity index (χ4n) is 11.4. The van der Waals surface area contributed by atoms with Crippen molar-refractivity contribution in [1.82, 2.24) is 35.8 Å². The van der Waals surface area contributed by atoms with Gasteiger partial charge in [0.1, 0.15) is 29.6 Å². The molecule has 8 rings (SSSR count). The number of hydrogen-bond acceptors (Lipinski definition) is 11. The Morgan fingerprint density at radius 3 is 1.97 bits per heavy atom. The van der Waals surface area contributed by atoms with Gasteiger partial charge in [-0.25, -0.2) is 4.79 Å². The third-order valence-corrected chi connectivity index (χ3v) is 21.9. The number of aliphatic hydroxyl groups excluding tert-OH is 1. The first-order chi connectivity index (χ1) is 41.8. The quantitative estimate of drug-likeness (QED) is 0.0173. The molecule has 3 heterocycles. The third kappa shape index (κ3) is 17.7. The molecule has 1 saturated heterocycles. The smallest absolute Gasteiger partial charge is 0.351 e. The number of fused-ring (bicyclic) bond motifs is 1. The van der Waals surface area contributed by atoms with Crippen molar-refractivity contribution in [2.75, 3.05) is 17.7 Å². The summed E-state index contributed by atoms with van der Waals surface area (Å²) >= 11 is 1.58. The van der Waals surface area contributed by atoms with Crippen LogP contribution in [-0.4, -0.2) is 99.5 Å². The Kier molecular flexibility index (Phi) is 23.1. The van der Waals surface area contributed by atoms with Gasteiger partial charge in [-0.1, -0.05) is 188 Å². The number of aromatic amines is 1. The zero-order chi connectivity index (χ0) is 62.1. The Morgan fingerprint density at radius 1 is 0.736 bits per heavy atom. The highest BCUT2D eigenvalue weighted by atomic mass is 32.2. The van der Waals surface area contributed by atoms with Crippen LogP contribution in [0.15, 0.2) is 169 Å². The molecule has 0 bridgehead atoms. The van der Waals surface area contributed by atoms with Crippen molar-refractivity contribution >= 4 is 76.7 Å². The van der Waals surface area contributed by atoms with Crippen LogP contribution in [0.4, 0.5) is 5.82 Å². The normalized spacial score (nSPS) is 16.2. The summed E-state index contributed by atoms with van der Waals surface area (Å²) in [7, 11) is -2.81. The van der Waals surface area contributed by atoms with Crippen LogP contribution in [0.1, 0.15) is 116 Å². The number of anilines is 1. The zero-order valence-corrected chi connectivity index (χ0v) is 52.7. The van der Waals surface area contributed by atoms with Crippen molar-refractivity contribution in [2.45, 2.75) is 147 Å². The first-order valence-corrected chi connectivity index (χ1v) is 33.2. The first-order valence-electron chi connectivity index (χ1n) is 30.2. The van der Waals surface area contributed by atoms with E-state index >= 15 is 0 Å². The number of thioether (sulfide) groups is 1. The molecule has 0 saturated carbocycles. The molecule has 0 radical (unpaired) electrons. The molecule has 460 valence electrons. The molecule has 0 spiro atoms. The van der Waals surface area contributed by atoms with E-state index in [1.54, 1.807) is 44.1 Å². The summed E-state index contributed by atoms with van der Waals surface area (Å²) in [4.78, 5) is 90.1. The SMILES string of the molecule is CC(C)C[C@H](NC(=O)[C@@H](NC(=O)[C@H](Cc1c[nH]c2ccccc12)NC(=O)CCCCC(=O)Nc1ccn([C@H]2CS[C@@H](CO[Si](c3ccccc3)(c3ccccc3)C(C)(C)C)O2)c(=O)n1)C(C)C)[C@@H](O)CC(=O)NC(Cc1ccccc1)c1ccccc1. The average molecular weight is 1220 g/mol. The number of H-pyrrole nitrogens is 1. The summed E-state index contributed by atoms with van der Waals surface area (Å²) in [6, 6.07) is 46.1. The lowest BCUT2D eigenvalue weighted by molar-refractivity contribution is -0.133. The van der Waals surface area contributed by atoms with Gasteiger partial charge in [0.15, 0.2) is 0 Å². The highest BCUT2D eigenvalue weighted by molar-refractivity contribution is 8.00. The first kappa shape index (κ1) is 65.3. The van der Waals surface area contributed by atoms with E-state index in [1.807, 2.05) is 135 Å². The number of hydrogen-bond donors (Lipinski definition) is 7. The fourth-order valence-corrected chi connectivity index (χ4v) is 17.0. The average Bonchev–Trinajstić information content (AvgIpc) is 1.28. The van der Waals surface area contributed by atoms with E-state index in [4.69, 9.17) is 9.16 Å². The second-order valence-electron chi connectivity index (χ2n) is 24.2. The van der Waals surface area contributed by atoms with Gasteiger partial charge in [0.2, 0.25) is 29.5 Å². The number of aromatic nitrogens is 3. The largest absolute Gasteiger partial charge is 0.404 e. The lowest BCUT2D eigenvalue weighted by atomic mass is 9.94. The topological polar surface area (TPSA) is 235 Å². The summed E-state index contributed by atoms with van der Waals surface area (Å²) in [5.41, 5.74) is 2.68. The van der Waals surface area contributed by atoms with Crippen molar-refractivity contribution in [3.05, 3.63) is 191 Å². The summed E-state index contributed by atoms with van der Waals surface area (Å²) in [5.74, 6) is -2.09. The van der Waals surface area contributed by atoms with E-state index in [0.717, 1.165) is 38.0 Å². The number of unbranched alkanes of at least 4 members (excludes halogenated alkanes) is 1. The van der Waals surface area contributed by atoms with Crippen LogP contribution in [0.5, 0.6) is 0 Å². The molecule has 7 N–H and O–H groups in total. The minimum absolute atomic E-state index is 0.00262. The van der Waals surface area contributed by atoms with Gasteiger partial charge < -0.3 is 45.8 Å². The lowest BCUT2D eigenvalue weighted by Crippen LogP contribution is -2.67. The van der Waals surface area contributed by atoms with Crippen LogP contribution in [0.25, 0.3) is 10.9 Å². The molecule has 1 unspecified atom stereocenters. The summed E-state index contributed by atoms with van der Waals surface area (Å²) in [6.45, 7) is 14.5. The van der Waals surface area contributed by atoms with Crippen LogP contribution in [-0.2, 0) is 46.0 Å². The predicted molar refractivity (Wildman–Crippen MR) is 346 cm³/mol. The molecule has 7 aromatic rings. The van der Waals surface area contributed by atoms with Gasteiger partial charge in [-0.3, -0.25) is 28.5 Å². The third-order valence-electron chi connectivity index (χ3n) is 15.8. The summed E-state index contributed by atoms with van der Waals surface area (Å²) < 4.78 is 14.9. The molecule has 0 aliphatic carbocycles. The van der Waals surface area contributed by atoms with Gasteiger partial charge in [0.05, 0.1) is 31.2 Å². The van der Waals surface area contributed by atoms with E-state index < -0.39 is 68.1 Å². The number of amides is 5. The molecular weight excluding hydrogens is 1130 g/mol. The van der Waals surface area contributed by atoms with Crippen LogP contribution in [0.2, 0.25) is 5.04 Å². The minimum Gasteiger partial charge on any atom is -0.404 e. The second kappa shape index (κ2) is 30.8. The Morgan fingerprint density at radius 2 is 1.34 bits per heavy atom. The van der Waals surface area contributed by atoms with E-state index in [2.05, 4.69) is 81.6 Å². The van der Waals surface area contributed by atoms with E-state index in [9.17, 15) is 33.9 Å². The van der Waals surface area contributed by atoms with Crippen LogP contribution in [0.3, 0.4) is 0 Å². The fraction of sp³-hybridized carbons (Fsp3) is 0.397. The second-order valence-corrected chi connectivity index (χ2v) is 29.7. The molecule has 5 amide bonds. The molecule has 5 aromatic carbocycles. The number of benzene rings is 5. The van der Waals surface area contributed by atoms with Crippen LogP contribution in [0, 0.1) is 11.8 Å². The molecule has 19 heteroatoms. The van der Waals surface area contributed by atoms with Gasteiger partial charge in [0, 0.05) is 48.3 Å². The van der Waals surface area contributed by atoms with Crippen molar-refractivity contribution in [2.24, 2.45) is 11.8 Å². The number of nitrogens with one attached hydrogen (secondary N) is 6. The molecule has 1 fully saturated rings. The Balaban J connectivity index is 0.840. The van der Waals surface area contributed by atoms with Crippen molar-refractivity contribution < 1.29 is 38.2 Å². The number of rotatable bonds is 29. The number of ether oxygens (including phenoxy) is 1. The van der Waals surface area contributed by atoms with Gasteiger partial charge in [0.25, 0.3) is 8.32 Å². The molecule has 17 nitrogen and oxygen atoms in total. The van der Waals surface area contributed by atoms with Gasteiger partial charge >= 0.3 is 5.69 Å². The van der Waals surface area contributed by atoms with Crippen molar-refractivity contribution in [1.29, 1.82) is 0 Å². The molecule has 87 heavy (non-hydrogen) atoms. The van der Waals surface area contributed by atoms with Crippen molar-refractivity contribution in [3.63, 3.8) is 0 Å². The van der Waals surface area contributed by atoms with Crippen LogP contribution < -0.4 is 42.6 Å². The van der Waals surface area contributed by atoms with E-state index in [-0.39, 0.29) is 65.7 Å². The predicted octanol–water partition coefficient (Wildman–Crippen LogP) is 8.64. The molecular formula is C68H84N8O9SSi. The standard InChI is InChI=1S/C68H84N8O9SSi/c1-45(2)38-55(57(77)41-61(80)70-54(48-26-14-9-15-27-48)39-47-24-12-8-13-25-47)72-66(82)64(46(3)4)75-65(81)56(40-49-42-69-53-33-21-20-32-52(49)53)71-59(78)34-22-23-35-60(79)73-58-36-37-76(67(83)74-58)62-44-86-63(85-62)43-84-87(68(5,6)7,50-28-16-10-17-29-50)51-30-18-11-19-31-51/h8-21,24-33,36-37,42,45-46,54-57,62-64,69,77H,22-23,34-35,38-41,43-44H2,1-7H3,(H,70,80)(H,71,78)(H,72,82)(H,75,81)(H,73,74,79,83)/t54?,55-,56-,57-,62+,63-,64-/m0/s1. The number of carbonyl (C=O) groups is 5. The lowest BCUT2D eigenvalue weighted by Gasteiger charge is -2.43. The van der Waals surface area contributed by atoms with Gasteiger partial charge in [-0.15, -0.1) is 11.8 Å². The maximum absolute atomic E-state index is 14.4. The summed E-state index contributed by atoms with van der Waals surface area (Å²) in [5, 5.41) is 29.2. The van der Waals surface area contributed by atoms with Gasteiger partial charge in [-0.2, -0.15) is 4.98 Å². The number of aliphatic hydroxyl groups is 1. The highest BCUT2D eigenvalue weighted by Crippen LogP contribution is 2.39. The van der Waals surface area contributed by atoms with Crippen molar-refractivity contribution in [3.8, 4) is 0 Å². The summed E-state index contributed by atoms with van der Waals surface area (Å²) in [6.07, 6.45) is 2.91. The molecule has 7 atom stereocenters. The van der Waals surface area contributed by atoms with E-state index in [1.165, 1.54) is 4.57 Å². The Bertz CT molecular complexity index is 3400. The minimum atomic E-state index is -2.81. The number of carbonyl (C=O) groups excluding carboxylic acids is 5. The molecule has 1 aliphatic rings.